The number of aryl methyl sites for hydroxylation is 1. The van der Waals surface area contributed by atoms with Crippen LogP contribution >= 0.6 is 0 Å². The van der Waals surface area contributed by atoms with Crippen LogP contribution in [0.15, 0.2) is 48.5 Å². The molecule has 0 bridgehead atoms. The lowest BCUT2D eigenvalue weighted by Crippen LogP contribution is -2.36. The Morgan fingerprint density at radius 3 is 2.48 bits per heavy atom. The number of ether oxygens (including phenoxy) is 2. The number of para-hydroxylation sites is 2. The molecule has 1 aliphatic heterocycles. The number of carbonyl (C=O) groups is 2. The molecule has 0 saturated carbocycles. The fourth-order valence-electron chi connectivity index (χ4n) is 3.20. The highest BCUT2D eigenvalue weighted by Crippen LogP contribution is 2.22. The monoisotopic (exact) mass is 397 g/mol. The van der Waals surface area contributed by atoms with Crippen molar-refractivity contribution in [2.75, 3.05) is 50.2 Å². The molecule has 0 aromatic heterocycles. The summed E-state index contributed by atoms with van der Waals surface area (Å²) in [4.78, 5) is 26.4. The van der Waals surface area contributed by atoms with Gasteiger partial charge in [-0.05, 0) is 42.7 Å². The lowest BCUT2D eigenvalue weighted by atomic mass is 10.1. The molecule has 0 unspecified atom stereocenters. The highest BCUT2D eigenvalue weighted by Gasteiger charge is 2.15. The fraction of sp³-hybridized carbons (Fsp3) is 0.364. The molecule has 2 aromatic rings. The van der Waals surface area contributed by atoms with Crippen LogP contribution in [0.4, 0.5) is 11.4 Å². The Balaban J connectivity index is 1.39. The minimum Gasteiger partial charge on any atom is -0.495 e. The molecule has 2 amide bonds. The van der Waals surface area contributed by atoms with E-state index in [1.54, 1.807) is 24.3 Å². The summed E-state index contributed by atoms with van der Waals surface area (Å²) in [5.74, 6) is -0.850. The second-order valence-electron chi connectivity index (χ2n) is 6.78. The summed E-state index contributed by atoms with van der Waals surface area (Å²) in [6, 6.07) is 15.4. The van der Waals surface area contributed by atoms with E-state index in [-0.39, 0.29) is 0 Å². The Morgan fingerprint density at radius 1 is 1.03 bits per heavy atom. The smallest absolute Gasteiger partial charge is 0.313 e. The first kappa shape index (κ1) is 20.7. The number of hydrogen-bond acceptors (Lipinski definition) is 5. The van der Waals surface area contributed by atoms with Gasteiger partial charge in [0.05, 0.1) is 26.0 Å². The second-order valence-corrected chi connectivity index (χ2v) is 6.78. The van der Waals surface area contributed by atoms with E-state index in [2.05, 4.69) is 39.8 Å². The maximum atomic E-state index is 12.0. The number of nitrogens with one attached hydrogen (secondary N) is 2. The molecule has 3 rings (SSSR count). The van der Waals surface area contributed by atoms with Crippen LogP contribution < -0.4 is 20.3 Å². The van der Waals surface area contributed by atoms with E-state index in [0.29, 0.717) is 18.0 Å². The van der Waals surface area contributed by atoms with Crippen molar-refractivity contribution in [3.05, 3.63) is 54.1 Å². The van der Waals surface area contributed by atoms with Gasteiger partial charge in [0.2, 0.25) is 0 Å². The fourth-order valence-corrected chi connectivity index (χ4v) is 3.20. The normalized spacial score (nSPS) is 13.6. The molecule has 0 aliphatic carbocycles. The van der Waals surface area contributed by atoms with Gasteiger partial charge in [-0.2, -0.15) is 0 Å². The number of nitrogens with zero attached hydrogens (tertiary/aromatic N) is 1. The molecule has 0 radical (unpaired) electrons. The van der Waals surface area contributed by atoms with Gasteiger partial charge >= 0.3 is 11.8 Å². The van der Waals surface area contributed by atoms with Gasteiger partial charge in [0.1, 0.15) is 5.75 Å². The average Bonchev–Trinajstić information content (AvgIpc) is 2.78. The SMILES string of the molecule is COc1ccccc1NC(=O)C(=O)NCCCc1ccc(N2CCOCC2)cc1. The lowest BCUT2D eigenvalue weighted by molar-refractivity contribution is -0.136. The molecule has 7 heteroatoms. The van der Waals surface area contributed by atoms with Crippen LogP contribution in [0.1, 0.15) is 12.0 Å². The number of amides is 2. The van der Waals surface area contributed by atoms with Gasteiger partial charge in [0.25, 0.3) is 0 Å². The van der Waals surface area contributed by atoms with Crippen LogP contribution in [0.25, 0.3) is 0 Å². The predicted octanol–water partition coefficient (Wildman–Crippen LogP) is 2.22. The molecular weight excluding hydrogens is 370 g/mol. The number of carbonyl (C=O) groups excluding carboxylic acids is 2. The summed E-state index contributed by atoms with van der Waals surface area (Å²) >= 11 is 0. The first-order chi connectivity index (χ1) is 14.2. The van der Waals surface area contributed by atoms with Crippen LogP contribution in [0.3, 0.4) is 0 Å². The van der Waals surface area contributed by atoms with E-state index in [9.17, 15) is 9.59 Å². The quantitative estimate of drug-likeness (QED) is 0.553. The molecular formula is C22H27N3O4. The Kier molecular flexibility index (Phi) is 7.47. The van der Waals surface area contributed by atoms with Gasteiger partial charge in [-0.25, -0.2) is 0 Å². The van der Waals surface area contributed by atoms with Crippen LogP contribution in [0.5, 0.6) is 5.75 Å². The zero-order valence-corrected chi connectivity index (χ0v) is 16.6. The van der Waals surface area contributed by atoms with Gasteiger partial charge in [-0.15, -0.1) is 0 Å². The zero-order valence-electron chi connectivity index (χ0n) is 16.6. The number of anilines is 2. The van der Waals surface area contributed by atoms with E-state index in [0.717, 1.165) is 39.1 Å². The van der Waals surface area contributed by atoms with Gasteiger partial charge in [-0.3, -0.25) is 9.59 Å². The first-order valence-electron chi connectivity index (χ1n) is 9.81. The Morgan fingerprint density at radius 2 is 1.76 bits per heavy atom. The third kappa shape index (κ3) is 5.96. The van der Waals surface area contributed by atoms with Gasteiger partial charge < -0.3 is 25.0 Å². The van der Waals surface area contributed by atoms with Crippen molar-refractivity contribution in [2.24, 2.45) is 0 Å². The number of hydrogen-bond donors (Lipinski definition) is 2. The minimum atomic E-state index is -0.704. The Hall–Kier alpha value is -3.06. The number of methoxy groups -OCH3 is 1. The summed E-state index contributed by atoms with van der Waals surface area (Å²) in [6.45, 7) is 3.81. The maximum absolute atomic E-state index is 12.0. The minimum absolute atomic E-state index is 0.434. The molecule has 2 N–H and O–H groups in total. The molecule has 2 aromatic carbocycles. The van der Waals surface area contributed by atoms with Crippen LogP contribution in [-0.2, 0) is 20.7 Å². The molecule has 1 fully saturated rings. The summed E-state index contributed by atoms with van der Waals surface area (Å²) in [5, 5.41) is 5.23. The third-order valence-corrected chi connectivity index (χ3v) is 4.80. The third-order valence-electron chi connectivity index (χ3n) is 4.80. The van der Waals surface area contributed by atoms with Crippen LogP contribution in [-0.4, -0.2) is 51.8 Å². The average molecular weight is 397 g/mol. The van der Waals surface area contributed by atoms with Gasteiger partial charge in [0.15, 0.2) is 0 Å². The van der Waals surface area contributed by atoms with Crippen molar-refractivity contribution in [1.82, 2.24) is 5.32 Å². The van der Waals surface area contributed by atoms with E-state index in [1.165, 1.54) is 18.4 Å². The van der Waals surface area contributed by atoms with Crippen LogP contribution in [0, 0.1) is 0 Å². The summed E-state index contributed by atoms with van der Waals surface area (Å²) in [7, 11) is 1.51. The van der Waals surface area contributed by atoms with Gasteiger partial charge in [0, 0.05) is 25.3 Å². The van der Waals surface area contributed by atoms with Crippen molar-refractivity contribution in [1.29, 1.82) is 0 Å². The van der Waals surface area contributed by atoms with Crippen molar-refractivity contribution < 1.29 is 19.1 Å². The number of benzene rings is 2. The molecule has 1 aliphatic rings. The molecule has 0 spiro atoms. The lowest BCUT2D eigenvalue weighted by Gasteiger charge is -2.28. The topological polar surface area (TPSA) is 79.9 Å². The molecule has 0 atom stereocenters. The Bertz CT molecular complexity index is 817. The highest BCUT2D eigenvalue weighted by atomic mass is 16.5. The Labute approximate surface area is 171 Å². The molecule has 154 valence electrons. The standard InChI is InChI=1S/C22H27N3O4/c1-28-20-7-3-2-6-19(20)24-22(27)21(26)23-12-4-5-17-8-10-18(11-9-17)25-13-15-29-16-14-25/h2-3,6-11H,4-5,12-16H2,1H3,(H,23,26)(H,24,27). The van der Waals surface area contributed by atoms with E-state index in [4.69, 9.17) is 9.47 Å². The first-order valence-corrected chi connectivity index (χ1v) is 9.81. The van der Waals surface area contributed by atoms with Crippen molar-refractivity contribution >= 4 is 23.2 Å². The summed E-state index contributed by atoms with van der Waals surface area (Å²) < 4.78 is 10.5. The molecule has 1 saturated heterocycles. The van der Waals surface area contributed by atoms with Crippen molar-refractivity contribution in [2.45, 2.75) is 12.8 Å². The molecule has 1 heterocycles. The second kappa shape index (κ2) is 10.5. The molecule has 7 nitrogen and oxygen atoms in total. The van der Waals surface area contributed by atoms with E-state index < -0.39 is 11.8 Å². The predicted molar refractivity (Wildman–Crippen MR) is 112 cm³/mol. The van der Waals surface area contributed by atoms with E-state index >= 15 is 0 Å². The van der Waals surface area contributed by atoms with E-state index in [1.807, 2.05) is 0 Å². The maximum Gasteiger partial charge on any atom is 0.313 e. The highest BCUT2D eigenvalue weighted by molar-refractivity contribution is 6.39. The largest absolute Gasteiger partial charge is 0.495 e. The summed E-state index contributed by atoms with van der Waals surface area (Å²) in [6.07, 6.45) is 1.59. The number of rotatable bonds is 7. The van der Waals surface area contributed by atoms with Crippen molar-refractivity contribution in [3.8, 4) is 5.75 Å². The van der Waals surface area contributed by atoms with Gasteiger partial charge in [-0.1, -0.05) is 24.3 Å². The van der Waals surface area contributed by atoms with Crippen molar-refractivity contribution in [3.63, 3.8) is 0 Å². The molecule has 29 heavy (non-hydrogen) atoms. The number of morpholine rings is 1. The summed E-state index contributed by atoms with van der Waals surface area (Å²) in [5.41, 5.74) is 2.88. The zero-order chi connectivity index (χ0) is 20.5. The van der Waals surface area contributed by atoms with Crippen LogP contribution in [0.2, 0.25) is 0 Å².